The van der Waals surface area contributed by atoms with Crippen LogP contribution in [0.1, 0.15) is 32.3 Å². The molecular formula is C16H28N2O. The SMILES string of the molecule is CCCNCC(CNCCC)OCc1ccccc1. The molecule has 0 aromatic heterocycles. The zero-order valence-corrected chi connectivity index (χ0v) is 12.3. The number of nitrogens with one attached hydrogen (secondary N) is 2. The summed E-state index contributed by atoms with van der Waals surface area (Å²) in [6.45, 7) is 8.99. The Morgan fingerprint density at radius 3 is 2.05 bits per heavy atom. The monoisotopic (exact) mass is 264 g/mol. The van der Waals surface area contributed by atoms with E-state index >= 15 is 0 Å². The molecule has 0 radical (unpaired) electrons. The van der Waals surface area contributed by atoms with Crippen molar-refractivity contribution in [2.24, 2.45) is 0 Å². The molecule has 19 heavy (non-hydrogen) atoms. The fourth-order valence-electron chi connectivity index (χ4n) is 1.86. The van der Waals surface area contributed by atoms with Gasteiger partial charge in [-0.3, -0.25) is 0 Å². The molecule has 0 fully saturated rings. The van der Waals surface area contributed by atoms with E-state index in [1.807, 2.05) is 6.07 Å². The molecule has 1 rings (SSSR count). The largest absolute Gasteiger partial charge is 0.371 e. The van der Waals surface area contributed by atoms with E-state index in [-0.39, 0.29) is 6.10 Å². The maximum atomic E-state index is 6.00. The lowest BCUT2D eigenvalue weighted by Crippen LogP contribution is -2.38. The van der Waals surface area contributed by atoms with Gasteiger partial charge in [0.05, 0.1) is 12.7 Å². The van der Waals surface area contributed by atoms with Crippen molar-refractivity contribution in [2.45, 2.75) is 39.4 Å². The third-order valence-corrected chi connectivity index (χ3v) is 2.93. The Kier molecular flexibility index (Phi) is 9.33. The second-order valence-electron chi connectivity index (χ2n) is 4.83. The molecule has 0 aliphatic rings. The van der Waals surface area contributed by atoms with Crippen molar-refractivity contribution in [3.05, 3.63) is 35.9 Å². The highest BCUT2D eigenvalue weighted by Crippen LogP contribution is 2.03. The van der Waals surface area contributed by atoms with Crippen LogP contribution in [0.15, 0.2) is 30.3 Å². The van der Waals surface area contributed by atoms with Crippen molar-refractivity contribution < 1.29 is 4.74 Å². The van der Waals surface area contributed by atoms with Crippen molar-refractivity contribution in [1.29, 1.82) is 0 Å². The molecule has 0 saturated carbocycles. The zero-order chi connectivity index (χ0) is 13.8. The summed E-state index contributed by atoms with van der Waals surface area (Å²) >= 11 is 0. The second-order valence-corrected chi connectivity index (χ2v) is 4.83. The Morgan fingerprint density at radius 1 is 0.947 bits per heavy atom. The molecule has 3 nitrogen and oxygen atoms in total. The Labute approximate surface area is 117 Å². The maximum absolute atomic E-state index is 6.00. The van der Waals surface area contributed by atoms with E-state index in [1.54, 1.807) is 0 Å². The van der Waals surface area contributed by atoms with Crippen LogP contribution < -0.4 is 10.6 Å². The molecule has 1 aromatic carbocycles. The van der Waals surface area contributed by atoms with Crippen LogP contribution in [-0.2, 0) is 11.3 Å². The van der Waals surface area contributed by atoms with Crippen molar-refractivity contribution in [2.75, 3.05) is 26.2 Å². The fourth-order valence-corrected chi connectivity index (χ4v) is 1.86. The van der Waals surface area contributed by atoms with E-state index in [0.29, 0.717) is 6.61 Å². The summed E-state index contributed by atoms with van der Waals surface area (Å²) in [4.78, 5) is 0. The quantitative estimate of drug-likeness (QED) is 0.603. The molecule has 0 atom stereocenters. The van der Waals surface area contributed by atoms with Crippen molar-refractivity contribution >= 4 is 0 Å². The smallest absolute Gasteiger partial charge is 0.0828 e. The summed E-state index contributed by atoms with van der Waals surface area (Å²) in [5.74, 6) is 0. The number of ether oxygens (including phenoxy) is 1. The van der Waals surface area contributed by atoms with Gasteiger partial charge in [0.25, 0.3) is 0 Å². The molecular weight excluding hydrogens is 236 g/mol. The summed E-state index contributed by atoms with van der Waals surface area (Å²) in [5, 5.41) is 6.87. The Balaban J connectivity index is 2.30. The van der Waals surface area contributed by atoms with Gasteiger partial charge in [-0.1, -0.05) is 44.2 Å². The van der Waals surface area contributed by atoms with Crippen LogP contribution in [0.4, 0.5) is 0 Å². The van der Waals surface area contributed by atoms with Gasteiger partial charge in [-0.2, -0.15) is 0 Å². The van der Waals surface area contributed by atoms with Gasteiger partial charge in [0.1, 0.15) is 0 Å². The lowest BCUT2D eigenvalue weighted by Gasteiger charge is -2.19. The molecule has 0 unspecified atom stereocenters. The van der Waals surface area contributed by atoms with Crippen LogP contribution >= 0.6 is 0 Å². The number of hydrogen-bond acceptors (Lipinski definition) is 3. The Bertz CT molecular complexity index is 293. The first-order valence-electron chi connectivity index (χ1n) is 7.43. The summed E-state index contributed by atoms with van der Waals surface area (Å²) in [6.07, 6.45) is 2.56. The van der Waals surface area contributed by atoms with E-state index < -0.39 is 0 Å². The van der Waals surface area contributed by atoms with Gasteiger partial charge in [-0.15, -0.1) is 0 Å². The maximum Gasteiger partial charge on any atom is 0.0828 e. The van der Waals surface area contributed by atoms with Crippen LogP contribution in [0.25, 0.3) is 0 Å². The molecule has 3 heteroatoms. The van der Waals surface area contributed by atoms with Crippen LogP contribution in [0, 0.1) is 0 Å². The standard InChI is InChI=1S/C16H28N2O/c1-3-10-17-12-16(13-18-11-4-2)19-14-15-8-6-5-7-9-15/h5-9,16-18H,3-4,10-14H2,1-2H3. The fraction of sp³-hybridized carbons (Fsp3) is 0.625. The van der Waals surface area contributed by atoms with E-state index in [1.165, 1.54) is 5.56 Å². The third kappa shape index (κ3) is 7.98. The zero-order valence-electron chi connectivity index (χ0n) is 12.3. The van der Waals surface area contributed by atoms with Gasteiger partial charge >= 0.3 is 0 Å². The Morgan fingerprint density at radius 2 is 1.53 bits per heavy atom. The summed E-state index contributed by atoms with van der Waals surface area (Å²) in [7, 11) is 0. The molecule has 1 aromatic rings. The minimum Gasteiger partial charge on any atom is -0.371 e. The van der Waals surface area contributed by atoms with Crippen LogP contribution in [0.5, 0.6) is 0 Å². The van der Waals surface area contributed by atoms with E-state index in [4.69, 9.17) is 4.74 Å². The number of benzene rings is 1. The molecule has 0 aliphatic heterocycles. The molecule has 0 spiro atoms. The van der Waals surface area contributed by atoms with E-state index in [0.717, 1.165) is 39.0 Å². The van der Waals surface area contributed by atoms with Gasteiger partial charge in [-0.05, 0) is 31.5 Å². The first-order chi connectivity index (χ1) is 9.36. The third-order valence-electron chi connectivity index (χ3n) is 2.93. The summed E-state index contributed by atoms with van der Waals surface area (Å²) in [5.41, 5.74) is 1.23. The van der Waals surface area contributed by atoms with Crippen LogP contribution in [-0.4, -0.2) is 32.3 Å². The first-order valence-corrected chi connectivity index (χ1v) is 7.43. The van der Waals surface area contributed by atoms with Gasteiger partial charge in [0.2, 0.25) is 0 Å². The van der Waals surface area contributed by atoms with Gasteiger partial charge < -0.3 is 15.4 Å². The molecule has 0 amide bonds. The Hall–Kier alpha value is -0.900. The van der Waals surface area contributed by atoms with Crippen LogP contribution in [0.2, 0.25) is 0 Å². The van der Waals surface area contributed by atoms with Crippen molar-refractivity contribution in [3.8, 4) is 0 Å². The van der Waals surface area contributed by atoms with Crippen molar-refractivity contribution in [3.63, 3.8) is 0 Å². The molecule has 108 valence electrons. The molecule has 0 saturated heterocycles. The number of rotatable bonds is 11. The molecule has 0 bridgehead atoms. The van der Waals surface area contributed by atoms with Crippen LogP contribution in [0.3, 0.4) is 0 Å². The molecule has 0 heterocycles. The first kappa shape index (κ1) is 16.2. The lowest BCUT2D eigenvalue weighted by atomic mass is 10.2. The summed E-state index contributed by atoms with van der Waals surface area (Å²) < 4.78 is 6.00. The minimum atomic E-state index is 0.235. The average molecular weight is 264 g/mol. The minimum absolute atomic E-state index is 0.235. The predicted molar refractivity (Wildman–Crippen MR) is 81.3 cm³/mol. The molecule has 0 aliphatic carbocycles. The highest BCUT2D eigenvalue weighted by molar-refractivity contribution is 5.13. The van der Waals surface area contributed by atoms with E-state index in [2.05, 4.69) is 48.7 Å². The number of hydrogen-bond donors (Lipinski definition) is 2. The van der Waals surface area contributed by atoms with Gasteiger partial charge in [0, 0.05) is 13.1 Å². The lowest BCUT2D eigenvalue weighted by molar-refractivity contribution is 0.0412. The molecule has 2 N–H and O–H groups in total. The average Bonchev–Trinajstić information content (AvgIpc) is 2.45. The van der Waals surface area contributed by atoms with Gasteiger partial charge in [0.15, 0.2) is 0 Å². The second kappa shape index (κ2) is 11.0. The topological polar surface area (TPSA) is 33.3 Å². The van der Waals surface area contributed by atoms with E-state index in [9.17, 15) is 0 Å². The van der Waals surface area contributed by atoms with Crippen molar-refractivity contribution in [1.82, 2.24) is 10.6 Å². The van der Waals surface area contributed by atoms with Gasteiger partial charge in [-0.25, -0.2) is 0 Å². The highest BCUT2D eigenvalue weighted by atomic mass is 16.5. The summed E-state index contributed by atoms with van der Waals surface area (Å²) in [6, 6.07) is 10.4. The normalized spacial score (nSPS) is 11.1. The highest BCUT2D eigenvalue weighted by Gasteiger charge is 2.08. The predicted octanol–water partition coefficient (Wildman–Crippen LogP) is 2.57.